The molecule has 0 aromatic heterocycles. The summed E-state index contributed by atoms with van der Waals surface area (Å²) in [7, 11) is 0. The molecule has 0 atom stereocenters. The predicted octanol–water partition coefficient (Wildman–Crippen LogP) is 0.922. The first-order chi connectivity index (χ1) is 5.51. The summed E-state index contributed by atoms with van der Waals surface area (Å²) in [6.45, 7) is 3.11. The fourth-order valence-electron chi connectivity index (χ4n) is 1.62. The summed E-state index contributed by atoms with van der Waals surface area (Å²) in [6, 6.07) is 0. The molecule has 72 valence electrons. The second kappa shape index (κ2) is 3.66. The van der Waals surface area contributed by atoms with Gasteiger partial charge in [-0.15, -0.1) is 0 Å². The van der Waals surface area contributed by atoms with Crippen LogP contribution < -0.4 is 5.73 Å². The van der Waals surface area contributed by atoms with Crippen molar-refractivity contribution in [3.05, 3.63) is 0 Å². The van der Waals surface area contributed by atoms with E-state index in [0.717, 1.165) is 26.4 Å². The van der Waals surface area contributed by atoms with Crippen LogP contribution >= 0.6 is 0 Å². The monoisotopic (exact) mass is 178 g/mol. The molecule has 2 nitrogen and oxygen atoms in total. The van der Waals surface area contributed by atoms with Crippen LogP contribution in [0.3, 0.4) is 0 Å². The van der Waals surface area contributed by atoms with E-state index < -0.39 is 5.92 Å². The van der Waals surface area contributed by atoms with Crippen molar-refractivity contribution in [1.29, 1.82) is 0 Å². The molecular weight excluding hydrogens is 162 g/mol. The van der Waals surface area contributed by atoms with Gasteiger partial charge in [-0.1, -0.05) is 0 Å². The van der Waals surface area contributed by atoms with Gasteiger partial charge >= 0.3 is 0 Å². The van der Waals surface area contributed by atoms with Gasteiger partial charge in [0.05, 0.1) is 6.54 Å². The summed E-state index contributed by atoms with van der Waals surface area (Å²) < 4.78 is 24.9. The van der Waals surface area contributed by atoms with Gasteiger partial charge in [-0.2, -0.15) is 0 Å². The highest BCUT2D eigenvalue weighted by Gasteiger charge is 2.32. The fraction of sp³-hybridized carbons (Fsp3) is 1.00. The molecule has 1 aliphatic heterocycles. The summed E-state index contributed by atoms with van der Waals surface area (Å²) in [5.74, 6) is -1.99. The summed E-state index contributed by atoms with van der Waals surface area (Å²) >= 11 is 0. The first-order valence-electron chi connectivity index (χ1n) is 4.31. The standard InChI is InChI=1S/C8H16F2N2/c1-8(9,10)6-12-4-7(5-12)2-3-11/h7H,2-6,11H2,1H3. The van der Waals surface area contributed by atoms with Gasteiger partial charge in [0, 0.05) is 20.0 Å². The topological polar surface area (TPSA) is 29.3 Å². The van der Waals surface area contributed by atoms with Crippen molar-refractivity contribution in [2.75, 3.05) is 26.2 Å². The third-order valence-electron chi connectivity index (χ3n) is 2.11. The van der Waals surface area contributed by atoms with Crippen LogP contribution in [0.1, 0.15) is 13.3 Å². The summed E-state index contributed by atoms with van der Waals surface area (Å²) in [5, 5.41) is 0. The van der Waals surface area contributed by atoms with Crippen LogP contribution in [0, 0.1) is 5.92 Å². The van der Waals surface area contributed by atoms with E-state index in [1.54, 1.807) is 4.90 Å². The zero-order valence-corrected chi connectivity index (χ0v) is 7.39. The lowest BCUT2D eigenvalue weighted by atomic mass is 9.96. The quantitative estimate of drug-likeness (QED) is 0.693. The zero-order chi connectivity index (χ0) is 9.19. The van der Waals surface area contributed by atoms with Crippen molar-refractivity contribution in [3.63, 3.8) is 0 Å². The Hall–Kier alpha value is -0.220. The Morgan fingerprint density at radius 2 is 2.08 bits per heavy atom. The van der Waals surface area contributed by atoms with Gasteiger partial charge in [0.15, 0.2) is 0 Å². The molecule has 0 unspecified atom stereocenters. The first-order valence-corrected chi connectivity index (χ1v) is 4.31. The molecule has 1 saturated heterocycles. The minimum absolute atomic E-state index is 0.103. The normalized spacial score (nSPS) is 21.0. The van der Waals surface area contributed by atoms with Crippen molar-refractivity contribution in [3.8, 4) is 0 Å². The minimum Gasteiger partial charge on any atom is -0.330 e. The van der Waals surface area contributed by atoms with E-state index in [2.05, 4.69) is 0 Å². The Morgan fingerprint density at radius 3 is 2.50 bits per heavy atom. The molecule has 0 aromatic rings. The Bertz CT molecular complexity index is 138. The lowest BCUT2D eigenvalue weighted by Gasteiger charge is -2.40. The van der Waals surface area contributed by atoms with Gasteiger partial charge < -0.3 is 5.73 Å². The van der Waals surface area contributed by atoms with Crippen molar-refractivity contribution >= 4 is 0 Å². The molecule has 0 radical (unpaired) electrons. The van der Waals surface area contributed by atoms with Gasteiger partial charge in [0.1, 0.15) is 0 Å². The lowest BCUT2D eigenvalue weighted by molar-refractivity contribution is -0.0467. The highest BCUT2D eigenvalue weighted by molar-refractivity contribution is 4.82. The predicted molar refractivity (Wildman–Crippen MR) is 44.2 cm³/mol. The minimum atomic E-state index is -2.55. The number of nitrogens with two attached hydrogens (primary N) is 1. The van der Waals surface area contributed by atoms with E-state index in [1.165, 1.54) is 0 Å². The molecule has 0 aromatic carbocycles. The number of halogens is 2. The van der Waals surface area contributed by atoms with E-state index in [9.17, 15) is 8.78 Å². The Balaban J connectivity index is 2.10. The molecule has 0 bridgehead atoms. The van der Waals surface area contributed by atoms with Gasteiger partial charge in [-0.25, -0.2) is 8.78 Å². The largest absolute Gasteiger partial charge is 0.330 e. The van der Waals surface area contributed by atoms with E-state index in [1.807, 2.05) is 0 Å². The number of likely N-dealkylation sites (tertiary alicyclic amines) is 1. The van der Waals surface area contributed by atoms with E-state index in [0.29, 0.717) is 12.5 Å². The number of rotatable bonds is 4. The number of alkyl halides is 2. The molecule has 0 aliphatic carbocycles. The highest BCUT2D eigenvalue weighted by atomic mass is 19.3. The van der Waals surface area contributed by atoms with Gasteiger partial charge in [-0.05, 0) is 18.9 Å². The molecule has 1 fully saturated rings. The highest BCUT2D eigenvalue weighted by Crippen LogP contribution is 2.23. The van der Waals surface area contributed by atoms with Crippen molar-refractivity contribution in [1.82, 2.24) is 4.90 Å². The van der Waals surface area contributed by atoms with Gasteiger partial charge in [0.2, 0.25) is 0 Å². The molecule has 0 saturated carbocycles. The molecule has 1 aliphatic rings. The molecule has 0 spiro atoms. The van der Waals surface area contributed by atoms with Crippen LogP contribution in [-0.2, 0) is 0 Å². The first kappa shape index (κ1) is 9.86. The summed E-state index contributed by atoms with van der Waals surface area (Å²) in [4.78, 5) is 1.78. The number of hydrogen-bond donors (Lipinski definition) is 1. The maximum Gasteiger partial charge on any atom is 0.257 e. The average molecular weight is 178 g/mol. The number of hydrogen-bond acceptors (Lipinski definition) is 2. The Morgan fingerprint density at radius 1 is 1.50 bits per heavy atom. The van der Waals surface area contributed by atoms with Crippen LogP contribution in [0.5, 0.6) is 0 Å². The molecule has 12 heavy (non-hydrogen) atoms. The second-order valence-electron chi connectivity index (χ2n) is 3.71. The van der Waals surface area contributed by atoms with Gasteiger partial charge in [-0.3, -0.25) is 4.90 Å². The van der Waals surface area contributed by atoms with Crippen molar-refractivity contribution in [2.24, 2.45) is 11.7 Å². The molecule has 1 rings (SSSR count). The van der Waals surface area contributed by atoms with Crippen molar-refractivity contribution < 1.29 is 8.78 Å². The third-order valence-corrected chi connectivity index (χ3v) is 2.11. The molecule has 2 N–H and O–H groups in total. The molecule has 4 heteroatoms. The molecular formula is C8H16F2N2. The lowest BCUT2D eigenvalue weighted by Crippen LogP contribution is -2.51. The van der Waals surface area contributed by atoms with Crippen LogP contribution in [0.4, 0.5) is 8.78 Å². The van der Waals surface area contributed by atoms with Crippen LogP contribution in [0.25, 0.3) is 0 Å². The maximum absolute atomic E-state index is 12.4. The van der Waals surface area contributed by atoms with E-state index >= 15 is 0 Å². The third kappa shape index (κ3) is 3.03. The van der Waals surface area contributed by atoms with Crippen LogP contribution in [0.2, 0.25) is 0 Å². The second-order valence-corrected chi connectivity index (χ2v) is 3.71. The fourth-order valence-corrected chi connectivity index (χ4v) is 1.62. The average Bonchev–Trinajstić information content (AvgIpc) is 1.80. The SMILES string of the molecule is CC(F)(F)CN1CC(CCN)C1. The zero-order valence-electron chi connectivity index (χ0n) is 7.39. The smallest absolute Gasteiger partial charge is 0.257 e. The van der Waals surface area contributed by atoms with E-state index in [4.69, 9.17) is 5.73 Å². The van der Waals surface area contributed by atoms with Gasteiger partial charge in [0.25, 0.3) is 5.92 Å². The molecule has 0 amide bonds. The number of nitrogens with zero attached hydrogens (tertiary/aromatic N) is 1. The Kier molecular flexibility index (Phi) is 3.01. The van der Waals surface area contributed by atoms with Crippen molar-refractivity contribution in [2.45, 2.75) is 19.3 Å². The Labute approximate surface area is 71.7 Å². The van der Waals surface area contributed by atoms with Crippen LogP contribution in [-0.4, -0.2) is 37.0 Å². The van der Waals surface area contributed by atoms with E-state index in [-0.39, 0.29) is 6.54 Å². The van der Waals surface area contributed by atoms with Crippen LogP contribution in [0.15, 0.2) is 0 Å². The maximum atomic E-state index is 12.4. The molecule has 1 heterocycles. The summed E-state index contributed by atoms with van der Waals surface area (Å²) in [6.07, 6.45) is 0.964. The summed E-state index contributed by atoms with van der Waals surface area (Å²) in [5.41, 5.74) is 5.34.